The van der Waals surface area contributed by atoms with Gasteiger partial charge in [-0.25, -0.2) is 14.7 Å². The van der Waals surface area contributed by atoms with E-state index in [1.807, 2.05) is 42.7 Å². The zero-order valence-electron chi connectivity index (χ0n) is 19.8. The molecule has 1 aromatic carbocycles. The number of nitrogens with zero attached hydrogens (tertiary/aromatic N) is 6. The molecule has 2 aliphatic heterocycles. The number of nitrogens with two attached hydrogens (primary N) is 1. The van der Waals surface area contributed by atoms with E-state index in [9.17, 15) is 4.79 Å². The summed E-state index contributed by atoms with van der Waals surface area (Å²) in [6, 6.07) is 7.96. The molecule has 4 heterocycles. The second-order valence-corrected chi connectivity index (χ2v) is 9.25. The van der Waals surface area contributed by atoms with Crippen LogP contribution in [0.3, 0.4) is 0 Å². The highest BCUT2D eigenvalue weighted by molar-refractivity contribution is 5.83. The van der Waals surface area contributed by atoms with E-state index in [-0.39, 0.29) is 18.1 Å². The first-order valence-corrected chi connectivity index (χ1v) is 11.6. The molecule has 34 heavy (non-hydrogen) atoms. The van der Waals surface area contributed by atoms with Crippen molar-refractivity contribution in [3.05, 3.63) is 46.4 Å². The molecule has 5 rings (SSSR count). The van der Waals surface area contributed by atoms with Crippen LogP contribution in [0.4, 0.5) is 11.6 Å². The van der Waals surface area contributed by atoms with Crippen LogP contribution in [0, 0.1) is 11.8 Å². The Morgan fingerprint density at radius 3 is 2.91 bits per heavy atom. The van der Waals surface area contributed by atoms with Crippen LogP contribution in [0.1, 0.15) is 39.2 Å². The molecule has 2 N–H and O–H groups in total. The highest BCUT2D eigenvalue weighted by atomic mass is 16.5. The lowest BCUT2D eigenvalue weighted by molar-refractivity contribution is 0.0842. The number of hydrogen-bond acceptors (Lipinski definition) is 7. The van der Waals surface area contributed by atoms with Gasteiger partial charge in [0.2, 0.25) is 11.8 Å². The summed E-state index contributed by atoms with van der Waals surface area (Å²) in [5.41, 5.74) is 8.28. The lowest BCUT2D eigenvalue weighted by atomic mass is 9.95. The van der Waals surface area contributed by atoms with Gasteiger partial charge in [0, 0.05) is 24.7 Å². The van der Waals surface area contributed by atoms with Gasteiger partial charge in [-0.2, -0.15) is 5.10 Å². The topological polar surface area (TPSA) is 104 Å². The molecular formula is C25H29N7O2. The average molecular weight is 460 g/mol. The van der Waals surface area contributed by atoms with Crippen molar-refractivity contribution in [1.29, 1.82) is 0 Å². The number of rotatable bonds is 4. The van der Waals surface area contributed by atoms with Gasteiger partial charge >= 0.3 is 0 Å². The first-order chi connectivity index (χ1) is 16.4. The molecule has 1 atom stereocenters. The Morgan fingerprint density at radius 2 is 2.12 bits per heavy atom. The second kappa shape index (κ2) is 8.61. The molecule has 0 aliphatic carbocycles. The van der Waals surface area contributed by atoms with Crippen LogP contribution >= 0.6 is 0 Å². The standard InChI is InChI=1S/C25H29N7O2/c1-4-5-13-31-22-20(29-24(31)30-12-8-9-17(26)15-30)14-27-32(23(22)33)16-21-28-19-11-7-6-10-18(19)25(2,3)34-21/h6-7,10-11,14,17H,8-9,12-13,15-16,26H2,1-3H3. The summed E-state index contributed by atoms with van der Waals surface area (Å²) in [5.74, 6) is 7.16. The number of para-hydroxylation sites is 1. The number of aromatic nitrogens is 4. The van der Waals surface area contributed by atoms with E-state index < -0.39 is 5.60 Å². The first kappa shape index (κ1) is 22.2. The Kier molecular flexibility index (Phi) is 5.62. The molecule has 9 heteroatoms. The summed E-state index contributed by atoms with van der Waals surface area (Å²) in [7, 11) is 0. The predicted molar refractivity (Wildman–Crippen MR) is 132 cm³/mol. The van der Waals surface area contributed by atoms with Gasteiger partial charge in [0.25, 0.3) is 5.56 Å². The van der Waals surface area contributed by atoms with Gasteiger partial charge in [-0.15, -0.1) is 5.92 Å². The summed E-state index contributed by atoms with van der Waals surface area (Å²) in [6.45, 7) is 7.81. The molecule has 3 aromatic rings. The van der Waals surface area contributed by atoms with E-state index in [1.54, 1.807) is 13.1 Å². The minimum atomic E-state index is -0.555. The molecular weight excluding hydrogens is 430 g/mol. The molecule has 0 bridgehead atoms. The summed E-state index contributed by atoms with van der Waals surface area (Å²) < 4.78 is 9.43. The monoisotopic (exact) mass is 459 g/mol. The lowest BCUT2D eigenvalue weighted by Gasteiger charge is -2.32. The number of imidazole rings is 1. The van der Waals surface area contributed by atoms with Crippen molar-refractivity contribution >= 4 is 28.6 Å². The normalized spacial score (nSPS) is 19.1. The van der Waals surface area contributed by atoms with Crippen LogP contribution in [0.25, 0.3) is 11.0 Å². The number of hydrogen-bond donors (Lipinski definition) is 1. The summed E-state index contributed by atoms with van der Waals surface area (Å²) in [5, 5.41) is 4.39. The third-order valence-corrected chi connectivity index (χ3v) is 6.34. The van der Waals surface area contributed by atoms with Crippen LogP contribution in [0.5, 0.6) is 0 Å². The Hall–Kier alpha value is -3.64. The number of piperidine rings is 1. The van der Waals surface area contributed by atoms with E-state index in [0.717, 1.165) is 30.6 Å². The minimum Gasteiger partial charge on any atom is -0.468 e. The maximum absolute atomic E-state index is 13.6. The zero-order chi connectivity index (χ0) is 23.9. The van der Waals surface area contributed by atoms with Gasteiger partial charge in [-0.1, -0.05) is 24.1 Å². The molecule has 1 unspecified atom stereocenters. The maximum atomic E-state index is 13.6. The van der Waals surface area contributed by atoms with Crippen molar-refractivity contribution < 1.29 is 4.74 Å². The molecule has 2 aromatic heterocycles. The minimum absolute atomic E-state index is 0.0850. The van der Waals surface area contributed by atoms with Crippen molar-refractivity contribution in [3.63, 3.8) is 0 Å². The van der Waals surface area contributed by atoms with Crippen LogP contribution < -0.4 is 16.2 Å². The smallest absolute Gasteiger partial charge is 0.293 e. The molecule has 9 nitrogen and oxygen atoms in total. The average Bonchev–Trinajstić information content (AvgIpc) is 3.18. The fourth-order valence-corrected chi connectivity index (χ4v) is 4.71. The van der Waals surface area contributed by atoms with Crippen molar-refractivity contribution in [2.24, 2.45) is 10.7 Å². The van der Waals surface area contributed by atoms with Crippen LogP contribution in [0.2, 0.25) is 0 Å². The van der Waals surface area contributed by atoms with E-state index in [4.69, 9.17) is 15.5 Å². The molecule has 0 amide bonds. The highest BCUT2D eigenvalue weighted by Gasteiger charge is 2.31. The van der Waals surface area contributed by atoms with E-state index in [2.05, 4.69) is 26.8 Å². The molecule has 0 radical (unpaired) electrons. The molecule has 176 valence electrons. The van der Waals surface area contributed by atoms with Gasteiger partial charge < -0.3 is 15.4 Å². The number of benzene rings is 1. The molecule has 0 spiro atoms. The summed E-state index contributed by atoms with van der Waals surface area (Å²) in [6.07, 6.45) is 3.60. The van der Waals surface area contributed by atoms with Crippen molar-refractivity contribution in [3.8, 4) is 11.8 Å². The fourth-order valence-electron chi connectivity index (χ4n) is 4.71. The highest BCUT2D eigenvalue weighted by Crippen LogP contribution is 2.37. The van der Waals surface area contributed by atoms with Crippen LogP contribution in [-0.2, 0) is 23.4 Å². The maximum Gasteiger partial charge on any atom is 0.293 e. The molecule has 2 aliphatic rings. The van der Waals surface area contributed by atoms with Crippen LogP contribution in [-0.4, -0.2) is 44.4 Å². The van der Waals surface area contributed by atoms with Gasteiger partial charge in [0.1, 0.15) is 23.2 Å². The Balaban J connectivity index is 1.56. The summed E-state index contributed by atoms with van der Waals surface area (Å²) >= 11 is 0. The van der Waals surface area contributed by atoms with Gasteiger partial charge in [0.05, 0.1) is 18.4 Å². The third-order valence-electron chi connectivity index (χ3n) is 6.34. The Labute approximate surface area is 198 Å². The number of fused-ring (bicyclic) bond motifs is 2. The largest absolute Gasteiger partial charge is 0.468 e. The van der Waals surface area contributed by atoms with Gasteiger partial charge in [-0.05, 0) is 39.7 Å². The Bertz CT molecular complexity index is 1390. The lowest BCUT2D eigenvalue weighted by Crippen LogP contribution is -2.44. The SMILES string of the molecule is CC#CCn1c(N2CCCC(N)C2)nc2cnn(CC3=Nc4ccccc4C(C)(C)O3)c(=O)c21. The van der Waals surface area contributed by atoms with E-state index in [0.29, 0.717) is 36.0 Å². The predicted octanol–water partition coefficient (Wildman–Crippen LogP) is 2.54. The third kappa shape index (κ3) is 3.94. The van der Waals surface area contributed by atoms with E-state index in [1.165, 1.54) is 4.68 Å². The van der Waals surface area contributed by atoms with Gasteiger partial charge in [0.15, 0.2) is 0 Å². The summed E-state index contributed by atoms with van der Waals surface area (Å²) in [4.78, 5) is 25.1. The molecule has 0 saturated carbocycles. The van der Waals surface area contributed by atoms with E-state index >= 15 is 0 Å². The zero-order valence-corrected chi connectivity index (χ0v) is 19.8. The number of ether oxygens (including phenoxy) is 1. The van der Waals surface area contributed by atoms with Crippen molar-refractivity contribution in [2.75, 3.05) is 18.0 Å². The second-order valence-electron chi connectivity index (χ2n) is 9.25. The number of anilines is 1. The van der Waals surface area contributed by atoms with Crippen LogP contribution in [0.15, 0.2) is 40.2 Å². The van der Waals surface area contributed by atoms with Crippen molar-refractivity contribution in [2.45, 2.75) is 58.3 Å². The fraction of sp³-hybridized carbons (Fsp3) is 0.440. The Morgan fingerprint density at radius 1 is 1.29 bits per heavy atom. The van der Waals surface area contributed by atoms with Gasteiger partial charge in [-0.3, -0.25) is 9.36 Å². The molecule has 1 saturated heterocycles. The quantitative estimate of drug-likeness (QED) is 0.602. The molecule has 1 fully saturated rings. The first-order valence-electron chi connectivity index (χ1n) is 11.6. The van der Waals surface area contributed by atoms with Crippen molar-refractivity contribution in [1.82, 2.24) is 19.3 Å². The number of aliphatic imine (C=N–C) groups is 1.